The predicted molar refractivity (Wildman–Crippen MR) is 51.2 cm³/mol. The van der Waals surface area contributed by atoms with Crippen molar-refractivity contribution in [1.82, 2.24) is 0 Å². The summed E-state index contributed by atoms with van der Waals surface area (Å²) in [6.45, 7) is 1.66. The molecule has 0 bridgehead atoms. The minimum Gasteiger partial charge on any atom is -0.397 e. The molecule has 1 rings (SSSR count). The molecule has 0 unspecified atom stereocenters. The minimum atomic E-state index is 0.288. The van der Waals surface area contributed by atoms with Crippen LogP contribution in [0.25, 0.3) is 0 Å². The Morgan fingerprint density at radius 1 is 1.21 bits per heavy atom. The summed E-state index contributed by atoms with van der Waals surface area (Å²) in [5, 5.41) is 0. The normalized spacial score (nSPS) is 8.64. The molecule has 1 aromatic rings. The van der Waals surface area contributed by atoms with Crippen molar-refractivity contribution in [3.8, 4) is 0 Å². The number of carbonyl (C=O) groups excluding carboxylic acids is 2. The summed E-state index contributed by atoms with van der Waals surface area (Å²) in [5.41, 5.74) is 7.14. The number of isocyanates is 2. The Labute approximate surface area is 80.0 Å². The van der Waals surface area contributed by atoms with E-state index in [-0.39, 0.29) is 5.69 Å². The van der Waals surface area contributed by atoms with Gasteiger partial charge in [-0.2, -0.15) is 9.98 Å². The molecule has 0 radical (unpaired) electrons. The predicted octanol–water partition coefficient (Wildman–Crippen LogP) is 1.51. The molecule has 0 aliphatic rings. The highest BCUT2D eigenvalue weighted by atomic mass is 16.1. The maximum atomic E-state index is 10.1. The number of rotatable bonds is 2. The van der Waals surface area contributed by atoms with Crippen LogP contribution in [0.1, 0.15) is 5.56 Å². The molecule has 70 valence electrons. The Hall–Kier alpha value is -2.22. The molecule has 0 spiro atoms. The van der Waals surface area contributed by atoms with Crippen LogP contribution in [0.4, 0.5) is 17.1 Å². The van der Waals surface area contributed by atoms with Crippen LogP contribution >= 0.6 is 0 Å². The molecule has 14 heavy (non-hydrogen) atoms. The summed E-state index contributed by atoms with van der Waals surface area (Å²) in [7, 11) is 0. The van der Waals surface area contributed by atoms with E-state index in [2.05, 4.69) is 9.98 Å². The lowest BCUT2D eigenvalue weighted by Crippen LogP contribution is -1.87. The van der Waals surface area contributed by atoms with Crippen molar-refractivity contribution < 1.29 is 9.59 Å². The Morgan fingerprint density at radius 3 is 2.43 bits per heavy atom. The van der Waals surface area contributed by atoms with Gasteiger partial charge in [0, 0.05) is 5.56 Å². The first-order valence-electron chi connectivity index (χ1n) is 3.75. The highest BCUT2D eigenvalue weighted by Crippen LogP contribution is 2.32. The van der Waals surface area contributed by atoms with Crippen molar-refractivity contribution in [3.05, 3.63) is 17.7 Å². The van der Waals surface area contributed by atoms with Gasteiger partial charge in [-0.25, -0.2) is 9.59 Å². The summed E-state index contributed by atoms with van der Waals surface area (Å²) < 4.78 is 0. The highest BCUT2D eigenvalue weighted by molar-refractivity contribution is 5.76. The van der Waals surface area contributed by atoms with E-state index in [1.807, 2.05) is 0 Å². The zero-order valence-electron chi connectivity index (χ0n) is 7.44. The Balaban J connectivity index is 3.47. The van der Waals surface area contributed by atoms with Gasteiger partial charge in [-0.15, -0.1) is 0 Å². The SMILES string of the molecule is Cc1c(N=C=O)ccc(N)c1N=C=O. The number of hydrogen-bond acceptors (Lipinski definition) is 5. The molecule has 0 aromatic heterocycles. The van der Waals surface area contributed by atoms with E-state index in [0.717, 1.165) is 0 Å². The number of nitrogen functional groups attached to an aromatic ring is 1. The van der Waals surface area contributed by atoms with Crippen molar-refractivity contribution in [1.29, 1.82) is 0 Å². The number of benzene rings is 1. The van der Waals surface area contributed by atoms with E-state index in [1.54, 1.807) is 13.0 Å². The van der Waals surface area contributed by atoms with Crippen molar-refractivity contribution in [3.63, 3.8) is 0 Å². The topological polar surface area (TPSA) is 84.9 Å². The zero-order chi connectivity index (χ0) is 10.6. The van der Waals surface area contributed by atoms with Crippen LogP contribution in [0.2, 0.25) is 0 Å². The second-order valence-electron chi connectivity index (χ2n) is 2.55. The van der Waals surface area contributed by atoms with E-state index >= 15 is 0 Å². The Morgan fingerprint density at radius 2 is 1.86 bits per heavy atom. The van der Waals surface area contributed by atoms with Gasteiger partial charge in [-0.1, -0.05) is 0 Å². The summed E-state index contributed by atoms with van der Waals surface area (Å²) in [4.78, 5) is 27.0. The molecule has 0 aliphatic heterocycles. The number of anilines is 1. The summed E-state index contributed by atoms with van der Waals surface area (Å²) in [5.74, 6) is 0. The third-order valence-electron chi connectivity index (χ3n) is 1.76. The van der Waals surface area contributed by atoms with Gasteiger partial charge in [0.2, 0.25) is 12.2 Å². The van der Waals surface area contributed by atoms with Gasteiger partial charge in [0.15, 0.2) is 0 Å². The lowest BCUT2D eigenvalue weighted by atomic mass is 10.1. The van der Waals surface area contributed by atoms with E-state index < -0.39 is 0 Å². The maximum Gasteiger partial charge on any atom is 0.240 e. The average molecular weight is 189 g/mol. The van der Waals surface area contributed by atoms with Gasteiger partial charge in [-0.05, 0) is 19.1 Å². The van der Waals surface area contributed by atoms with Crippen molar-refractivity contribution in [2.24, 2.45) is 9.98 Å². The van der Waals surface area contributed by atoms with E-state index in [1.165, 1.54) is 18.2 Å². The molecule has 0 heterocycles. The molecular formula is C9H7N3O2. The summed E-state index contributed by atoms with van der Waals surface area (Å²) >= 11 is 0. The quantitative estimate of drug-likeness (QED) is 0.434. The van der Waals surface area contributed by atoms with Crippen LogP contribution in [0.3, 0.4) is 0 Å². The molecule has 2 N–H and O–H groups in total. The first-order chi connectivity index (χ1) is 6.70. The van der Waals surface area contributed by atoms with E-state index in [9.17, 15) is 9.59 Å². The van der Waals surface area contributed by atoms with Gasteiger partial charge < -0.3 is 5.73 Å². The first kappa shape index (κ1) is 9.86. The standard InChI is InChI=1S/C9H7N3O2/c1-6-8(11-4-13)3-2-7(10)9(6)12-5-14/h2-3H,10H2,1H3. The molecule has 0 saturated heterocycles. The third kappa shape index (κ3) is 1.75. The monoisotopic (exact) mass is 189 g/mol. The fourth-order valence-electron chi connectivity index (χ4n) is 1.07. The van der Waals surface area contributed by atoms with Crippen LogP contribution in [0, 0.1) is 6.92 Å². The maximum absolute atomic E-state index is 10.1. The average Bonchev–Trinajstić information content (AvgIpc) is 2.17. The number of nitrogens with two attached hydrogens (primary N) is 1. The van der Waals surface area contributed by atoms with Crippen LogP contribution in [-0.2, 0) is 9.59 Å². The van der Waals surface area contributed by atoms with Crippen LogP contribution in [0.5, 0.6) is 0 Å². The Bertz CT molecular complexity index is 455. The second kappa shape index (κ2) is 4.14. The van der Waals surface area contributed by atoms with Gasteiger partial charge >= 0.3 is 0 Å². The molecule has 0 amide bonds. The van der Waals surface area contributed by atoms with Crippen molar-refractivity contribution in [2.75, 3.05) is 5.73 Å². The van der Waals surface area contributed by atoms with E-state index in [0.29, 0.717) is 16.9 Å². The number of aliphatic imine (C=N–C) groups is 2. The molecular weight excluding hydrogens is 182 g/mol. The molecule has 5 nitrogen and oxygen atoms in total. The second-order valence-corrected chi connectivity index (χ2v) is 2.55. The lowest BCUT2D eigenvalue weighted by molar-refractivity contribution is 0.565. The molecule has 5 heteroatoms. The largest absolute Gasteiger partial charge is 0.397 e. The number of hydrogen-bond donors (Lipinski definition) is 1. The zero-order valence-corrected chi connectivity index (χ0v) is 7.44. The Kier molecular flexibility index (Phi) is 2.92. The number of nitrogens with zero attached hydrogens (tertiary/aromatic N) is 2. The molecule has 0 fully saturated rings. The first-order valence-corrected chi connectivity index (χ1v) is 3.75. The summed E-state index contributed by atoms with van der Waals surface area (Å²) in [6.07, 6.45) is 2.80. The molecule has 1 aromatic carbocycles. The lowest BCUT2D eigenvalue weighted by Gasteiger charge is -2.04. The van der Waals surface area contributed by atoms with Gasteiger partial charge in [0.05, 0.1) is 11.4 Å². The fraction of sp³-hybridized carbons (Fsp3) is 0.111. The summed E-state index contributed by atoms with van der Waals surface area (Å²) in [6, 6.07) is 3.07. The van der Waals surface area contributed by atoms with E-state index in [4.69, 9.17) is 5.73 Å². The minimum absolute atomic E-state index is 0.288. The molecule has 0 aliphatic carbocycles. The molecule has 0 saturated carbocycles. The van der Waals surface area contributed by atoms with Gasteiger partial charge in [-0.3, -0.25) is 0 Å². The van der Waals surface area contributed by atoms with Crippen LogP contribution in [-0.4, -0.2) is 12.2 Å². The van der Waals surface area contributed by atoms with Crippen molar-refractivity contribution in [2.45, 2.75) is 6.92 Å². The van der Waals surface area contributed by atoms with Gasteiger partial charge in [0.25, 0.3) is 0 Å². The highest BCUT2D eigenvalue weighted by Gasteiger charge is 2.06. The third-order valence-corrected chi connectivity index (χ3v) is 1.76. The fourth-order valence-corrected chi connectivity index (χ4v) is 1.07. The van der Waals surface area contributed by atoms with Crippen molar-refractivity contribution >= 4 is 29.2 Å². The molecule has 0 atom stereocenters. The van der Waals surface area contributed by atoms with Crippen LogP contribution in [0.15, 0.2) is 22.1 Å². The smallest absolute Gasteiger partial charge is 0.240 e. The van der Waals surface area contributed by atoms with Gasteiger partial charge in [0.1, 0.15) is 5.69 Å². The van der Waals surface area contributed by atoms with Crippen LogP contribution < -0.4 is 5.73 Å².